The molecular weight excluding hydrogens is 179 g/mol. The molecule has 12 heavy (non-hydrogen) atoms. The number of phenols is 1. The van der Waals surface area contributed by atoms with Gasteiger partial charge in [0.25, 0.3) is 0 Å². The van der Waals surface area contributed by atoms with Crippen molar-refractivity contribution in [3.63, 3.8) is 0 Å². The Balaban J connectivity index is 3.21. The standard InChI is InChI=1S/C9H10ClFO/c1-5(2)6-3-7(10)9(12)8(11)4-6/h3-5,12H,1-2H3. The van der Waals surface area contributed by atoms with E-state index in [1.165, 1.54) is 6.07 Å². The highest BCUT2D eigenvalue weighted by atomic mass is 35.5. The number of phenolic OH excluding ortho intramolecular Hbond substituents is 1. The van der Waals surface area contributed by atoms with Gasteiger partial charge in [-0.2, -0.15) is 0 Å². The Morgan fingerprint density at radius 3 is 2.42 bits per heavy atom. The third-order valence-corrected chi connectivity index (χ3v) is 1.99. The minimum atomic E-state index is -0.661. The zero-order valence-electron chi connectivity index (χ0n) is 6.94. The van der Waals surface area contributed by atoms with Crippen molar-refractivity contribution in [2.75, 3.05) is 0 Å². The van der Waals surface area contributed by atoms with Crippen LogP contribution in [0.15, 0.2) is 12.1 Å². The molecule has 0 saturated carbocycles. The van der Waals surface area contributed by atoms with Gasteiger partial charge in [0.05, 0.1) is 5.02 Å². The molecule has 0 amide bonds. The highest BCUT2D eigenvalue weighted by Crippen LogP contribution is 2.30. The van der Waals surface area contributed by atoms with Crippen molar-refractivity contribution >= 4 is 11.6 Å². The fraction of sp³-hybridized carbons (Fsp3) is 0.333. The van der Waals surface area contributed by atoms with Gasteiger partial charge in [-0.25, -0.2) is 4.39 Å². The summed E-state index contributed by atoms with van der Waals surface area (Å²) in [5.74, 6) is -0.926. The SMILES string of the molecule is CC(C)c1cc(F)c(O)c(Cl)c1. The molecule has 0 fully saturated rings. The molecule has 0 atom stereocenters. The zero-order valence-corrected chi connectivity index (χ0v) is 7.69. The fourth-order valence-corrected chi connectivity index (χ4v) is 1.13. The van der Waals surface area contributed by atoms with Crippen molar-refractivity contribution in [2.45, 2.75) is 19.8 Å². The molecule has 1 aromatic carbocycles. The molecule has 0 aliphatic rings. The summed E-state index contributed by atoms with van der Waals surface area (Å²) in [5, 5.41) is 9.07. The van der Waals surface area contributed by atoms with Crippen LogP contribution in [0.4, 0.5) is 4.39 Å². The predicted molar refractivity (Wildman–Crippen MR) is 47.2 cm³/mol. The van der Waals surface area contributed by atoms with Crippen molar-refractivity contribution in [3.8, 4) is 5.75 Å². The van der Waals surface area contributed by atoms with Crippen molar-refractivity contribution in [2.24, 2.45) is 0 Å². The van der Waals surface area contributed by atoms with E-state index in [2.05, 4.69) is 0 Å². The molecule has 0 aliphatic heterocycles. The van der Waals surface area contributed by atoms with Crippen molar-refractivity contribution in [1.29, 1.82) is 0 Å². The van der Waals surface area contributed by atoms with E-state index in [0.29, 0.717) is 0 Å². The number of rotatable bonds is 1. The van der Waals surface area contributed by atoms with E-state index in [1.807, 2.05) is 13.8 Å². The maximum absolute atomic E-state index is 12.9. The van der Waals surface area contributed by atoms with Crippen molar-refractivity contribution < 1.29 is 9.50 Å². The second kappa shape index (κ2) is 3.31. The van der Waals surface area contributed by atoms with E-state index in [-0.39, 0.29) is 10.9 Å². The third kappa shape index (κ3) is 1.69. The summed E-state index contributed by atoms with van der Waals surface area (Å²) < 4.78 is 12.9. The summed E-state index contributed by atoms with van der Waals surface area (Å²) >= 11 is 5.57. The normalized spacial score (nSPS) is 10.8. The van der Waals surface area contributed by atoms with Crippen molar-refractivity contribution in [3.05, 3.63) is 28.5 Å². The van der Waals surface area contributed by atoms with Gasteiger partial charge < -0.3 is 5.11 Å². The lowest BCUT2D eigenvalue weighted by molar-refractivity contribution is 0.432. The molecule has 0 unspecified atom stereocenters. The maximum atomic E-state index is 12.9. The monoisotopic (exact) mass is 188 g/mol. The van der Waals surface area contributed by atoms with Crippen LogP contribution in [-0.2, 0) is 0 Å². The first kappa shape index (κ1) is 9.33. The maximum Gasteiger partial charge on any atom is 0.170 e. The zero-order chi connectivity index (χ0) is 9.30. The van der Waals surface area contributed by atoms with Crippen LogP contribution in [0.3, 0.4) is 0 Å². The van der Waals surface area contributed by atoms with E-state index in [0.717, 1.165) is 5.56 Å². The highest BCUT2D eigenvalue weighted by molar-refractivity contribution is 6.32. The number of hydrogen-bond acceptors (Lipinski definition) is 1. The minimum absolute atomic E-state index is 0.0682. The first-order valence-corrected chi connectivity index (χ1v) is 4.08. The highest BCUT2D eigenvalue weighted by Gasteiger charge is 2.09. The Bertz CT molecular complexity index is 274. The summed E-state index contributed by atoms with van der Waals surface area (Å²) in [6, 6.07) is 2.87. The van der Waals surface area contributed by atoms with Crippen molar-refractivity contribution in [1.82, 2.24) is 0 Å². The predicted octanol–water partition coefficient (Wildman–Crippen LogP) is 3.31. The minimum Gasteiger partial charge on any atom is -0.504 e. The topological polar surface area (TPSA) is 20.2 Å². The van der Waals surface area contributed by atoms with Gasteiger partial charge in [0, 0.05) is 0 Å². The number of aromatic hydroxyl groups is 1. The van der Waals surface area contributed by atoms with E-state index in [9.17, 15) is 4.39 Å². The van der Waals surface area contributed by atoms with E-state index in [1.54, 1.807) is 6.07 Å². The molecule has 0 radical (unpaired) electrons. The molecule has 0 aliphatic carbocycles. The number of hydrogen-bond donors (Lipinski definition) is 1. The Kier molecular flexibility index (Phi) is 2.58. The Morgan fingerprint density at radius 2 is 2.00 bits per heavy atom. The molecule has 0 aromatic heterocycles. The summed E-state index contributed by atoms with van der Waals surface area (Å²) in [7, 11) is 0. The first-order chi connectivity index (χ1) is 5.52. The molecule has 1 nitrogen and oxygen atoms in total. The third-order valence-electron chi connectivity index (χ3n) is 1.71. The van der Waals surface area contributed by atoms with Gasteiger partial charge in [-0.1, -0.05) is 25.4 Å². The van der Waals surface area contributed by atoms with Gasteiger partial charge in [-0.05, 0) is 23.6 Å². The molecule has 1 rings (SSSR count). The Labute approximate surface area is 75.8 Å². The lowest BCUT2D eigenvalue weighted by Gasteiger charge is -2.07. The van der Waals surface area contributed by atoms with Gasteiger partial charge in [-0.15, -0.1) is 0 Å². The lowest BCUT2D eigenvalue weighted by Crippen LogP contribution is -1.89. The van der Waals surface area contributed by atoms with Crippen LogP contribution in [0.1, 0.15) is 25.3 Å². The molecule has 3 heteroatoms. The quantitative estimate of drug-likeness (QED) is 0.717. The van der Waals surface area contributed by atoms with Crippen LogP contribution in [-0.4, -0.2) is 5.11 Å². The smallest absolute Gasteiger partial charge is 0.170 e. The van der Waals surface area contributed by atoms with E-state index in [4.69, 9.17) is 16.7 Å². The van der Waals surface area contributed by atoms with Crippen LogP contribution >= 0.6 is 11.6 Å². The summed E-state index contributed by atoms with van der Waals surface area (Å²) in [5.41, 5.74) is 0.787. The molecular formula is C9H10ClFO. The number of benzene rings is 1. The first-order valence-electron chi connectivity index (χ1n) is 3.70. The molecule has 66 valence electrons. The van der Waals surface area contributed by atoms with Crippen LogP contribution < -0.4 is 0 Å². The molecule has 0 heterocycles. The fourth-order valence-electron chi connectivity index (χ4n) is 0.918. The summed E-state index contributed by atoms with van der Waals surface area (Å²) in [4.78, 5) is 0. The van der Waals surface area contributed by atoms with Crippen LogP contribution in [0, 0.1) is 5.82 Å². The van der Waals surface area contributed by atoms with E-state index >= 15 is 0 Å². The second-order valence-corrected chi connectivity index (χ2v) is 3.40. The average Bonchev–Trinajstić information content (AvgIpc) is 1.99. The molecule has 0 saturated heterocycles. The second-order valence-electron chi connectivity index (χ2n) is 2.99. The molecule has 0 spiro atoms. The van der Waals surface area contributed by atoms with Gasteiger partial charge in [-0.3, -0.25) is 0 Å². The summed E-state index contributed by atoms with van der Waals surface area (Å²) in [6.45, 7) is 3.87. The summed E-state index contributed by atoms with van der Waals surface area (Å²) in [6.07, 6.45) is 0. The Morgan fingerprint density at radius 1 is 1.42 bits per heavy atom. The van der Waals surface area contributed by atoms with Gasteiger partial charge in [0.1, 0.15) is 0 Å². The number of halogens is 2. The van der Waals surface area contributed by atoms with Gasteiger partial charge in [0.15, 0.2) is 11.6 Å². The van der Waals surface area contributed by atoms with Gasteiger partial charge >= 0.3 is 0 Å². The van der Waals surface area contributed by atoms with Crippen LogP contribution in [0.5, 0.6) is 5.75 Å². The molecule has 1 aromatic rings. The average molecular weight is 189 g/mol. The van der Waals surface area contributed by atoms with E-state index < -0.39 is 11.6 Å². The largest absolute Gasteiger partial charge is 0.504 e. The van der Waals surface area contributed by atoms with Crippen LogP contribution in [0.25, 0.3) is 0 Å². The van der Waals surface area contributed by atoms with Gasteiger partial charge in [0.2, 0.25) is 0 Å². The lowest BCUT2D eigenvalue weighted by atomic mass is 10.0. The van der Waals surface area contributed by atoms with Crippen LogP contribution in [0.2, 0.25) is 5.02 Å². The molecule has 1 N–H and O–H groups in total. The Hall–Kier alpha value is -0.760. The molecule has 0 bridgehead atoms.